The highest BCUT2D eigenvalue weighted by Gasteiger charge is 2.12. The van der Waals surface area contributed by atoms with Crippen LogP contribution in [-0.4, -0.2) is 12.4 Å². The summed E-state index contributed by atoms with van der Waals surface area (Å²) in [7, 11) is 0. The Morgan fingerprint density at radius 2 is 2.33 bits per heavy atom. The summed E-state index contributed by atoms with van der Waals surface area (Å²) in [5, 5.41) is 2.91. The summed E-state index contributed by atoms with van der Waals surface area (Å²) in [5.74, 6) is 0.118. The van der Waals surface area contributed by atoms with E-state index in [0.717, 1.165) is 5.56 Å². The lowest BCUT2D eigenvalue weighted by molar-refractivity contribution is -0.115. The highest BCUT2D eigenvalue weighted by molar-refractivity contribution is 5.92. The van der Waals surface area contributed by atoms with E-state index in [0.29, 0.717) is 12.4 Å². The average molecular weight is 207 g/mol. The molecule has 0 spiro atoms. The maximum Gasteiger partial charge on any atom is 0.198 e. The molecule has 0 saturated carbocycles. The van der Waals surface area contributed by atoms with Crippen LogP contribution in [0.5, 0.6) is 0 Å². The van der Waals surface area contributed by atoms with Gasteiger partial charge in [-0.15, -0.1) is 0 Å². The van der Waals surface area contributed by atoms with E-state index in [1.807, 2.05) is 0 Å². The molecule has 0 amide bonds. The van der Waals surface area contributed by atoms with Gasteiger partial charge in [0.2, 0.25) is 0 Å². The quantitative estimate of drug-likeness (QED) is 0.813. The molecule has 1 aromatic carbocycles. The molecule has 0 fully saturated rings. The third-order valence-corrected chi connectivity index (χ3v) is 2.02. The lowest BCUT2D eigenvalue weighted by Crippen LogP contribution is -2.12. The van der Waals surface area contributed by atoms with Gasteiger partial charge in [0, 0.05) is 12.6 Å². The summed E-state index contributed by atoms with van der Waals surface area (Å²) in [6.45, 7) is 0.530. The zero-order valence-corrected chi connectivity index (χ0v) is 8.00. The molecule has 2 rings (SSSR count). The molecule has 1 aliphatic rings. The molecule has 0 bridgehead atoms. The number of ketones is 1. The number of hydrogen-bond donors (Lipinski definition) is 1. The molecule has 0 atom stereocenters. The number of hydrogen-bond acceptors (Lipinski definition) is 3. The first kappa shape index (κ1) is 9.71. The largest absolute Gasteiger partial charge is 0.471 e. The molecule has 0 aromatic heterocycles. The van der Waals surface area contributed by atoms with Crippen molar-refractivity contribution in [1.29, 1.82) is 0 Å². The van der Waals surface area contributed by atoms with Crippen molar-refractivity contribution in [1.82, 2.24) is 5.32 Å². The molecule has 15 heavy (non-hydrogen) atoms. The van der Waals surface area contributed by atoms with Crippen molar-refractivity contribution < 1.29 is 13.9 Å². The highest BCUT2D eigenvalue weighted by Crippen LogP contribution is 2.06. The van der Waals surface area contributed by atoms with E-state index in [9.17, 15) is 9.18 Å². The zero-order chi connectivity index (χ0) is 10.7. The van der Waals surface area contributed by atoms with Gasteiger partial charge in [-0.3, -0.25) is 4.79 Å². The van der Waals surface area contributed by atoms with Crippen molar-refractivity contribution in [2.24, 2.45) is 0 Å². The molecule has 0 saturated heterocycles. The fourth-order valence-corrected chi connectivity index (χ4v) is 1.32. The second-order valence-corrected chi connectivity index (χ2v) is 3.25. The van der Waals surface area contributed by atoms with Crippen LogP contribution in [0.15, 0.2) is 36.2 Å². The Morgan fingerprint density at radius 3 is 3.00 bits per heavy atom. The van der Waals surface area contributed by atoms with Crippen LogP contribution in [-0.2, 0) is 16.1 Å². The van der Waals surface area contributed by atoms with Crippen LogP contribution in [0.25, 0.3) is 0 Å². The standard InChI is InChI=1S/C11H10FNO2/c12-9-3-1-2-8(4-9)6-13-11-5-10(14)7-15-11/h1-5,13H,6-7H2. The maximum atomic E-state index is 12.8. The zero-order valence-electron chi connectivity index (χ0n) is 8.00. The molecule has 4 heteroatoms. The topological polar surface area (TPSA) is 38.3 Å². The lowest BCUT2D eigenvalue weighted by atomic mass is 10.2. The summed E-state index contributed by atoms with van der Waals surface area (Å²) in [6, 6.07) is 6.26. The first-order valence-corrected chi connectivity index (χ1v) is 4.60. The number of ether oxygens (including phenoxy) is 1. The van der Waals surface area contributed by atoms with Crippen LogP contribution in [0, 0.1) is 5.82 Å². The van der Waals surface area contributed by atoms with Crippen LogP contribution in [0.1, 0.15) is 5.56 Å². The Hall–Kier alpha value is -1.84. The van der Waals surface area contributed by atoms with Crippen molar-refractivity contribution in [3.05, 3.63) is 47.6 Å². The summed E-state index contributed by atoms with van der Waals surface area (Å²) >= 11 is 0. The van der Waals surface area contributed by atoms with E-state index < -0.39 is 0 Å². The monoisotopic (exact) mass is 207 g/mol. The summed E-state index contributed by atoms with van der Waals surface area (Å²) in [4.78, 5) is 10.8. The van der Waals surface area contributed by atoms with E-state index in [2.05, 4.69) is 5.32 Å². The molecule has 0 radical (unpaired) electrons. The molecule has 1 aliphatic heterocycles. The van der Waals surface area contributed by atoms with E-state index in [-0.39, 0.29) is 18.2 Å². The molecule has 78 valence electrons. The van der Waals surface area contributed by atoms with Crippen LogP contribution in [0.2, 0.25) is 0 Å². The molecular formula is C11H10FNO2. The molecule has 0 unspecified atom stereocenters. The Morgan fingerprint density at radius 1 is 1.47 bits per heavy atom. The second kappa shape index (κ2) is 4.13. The van der Waals surface area contributed by atoms with Crippen molar-refractivity contribution >= 4 is 5.78 Å². The number of carbonyl (C=O) groups excluding carboxylic acids is 1. The molecule has 0 aliphatic carbocycles. The maximum absolute atomic E-state index is 12.8. The SMILES string of the molecule is O=C1C=C(NCc2cccc(F)c2)OC1. The number of rotatable bonds is 3. The number of benzene rings is 1. The smallest absolute Gasteiger partial charge is 0.198 e. The van der Waals surface area contributed by atoms with Crippen molar-refractivity contribution in [3.8, 4) is 0 Å². The minimum atomic E-state index is -0.272. The third kappa shape index (κ3) is 2.56. The van der Waals surface area contributed by atoms with Crippen molar-refractivity contribution in [2.45, 2.75) is 6.54 Å². The second-order valence-electron chi connectivity index (χ2n) is 3.25. The van der Waals surface area contributed by atoms with E-state index in [1.165, 1.54) is 18.2 Å². The first-order chi connectivity index (χ1) is 7.24. The van der Waals surface area contributed by atoms with E-state index >= 15 is 0 Å². The number of carbonyl (C=O) groups is 1. The van der Waals surface area contributed by atoms with Crippen molar-refractivity contribution in [2.75, 3.05) is 6.61 Å². The van der Waals surface area contributed by atoms with Crippen molar-refractivity contribution in [3.63, 3.8) is 0 Å². The molecular weight excluding hydrogens is 197 g/mol. The van der Waals surface area contributed by atoms with Gasteiger partial charge in [0.05, 0.1) is 0 Å². The van der Waals surface area contributed by atoms with Gasteiger partial charge in [0.25, 0.3) is 0 Å². The molecule has 3 nitrogen and oxygen atoms in total. The third-order valence-electron chi connectivity index (χ3n) is 2.02. The van der Waals surface area contributed by atoms with Crippen LogP contribution in [0.4, 0.5) is 4.39 Å². The van der Waals surface area contributed by atoms with E-state index in [1.54, 1.807) is 12.1 Å². The molecule has 1 heterocycles. The average Bonchev–Trinajstić information content (AvgIpc) is 2.62. The summed E-state index contributed by atoms with van der Waals surface area (Å²) in [6.07, 6.45) is 1.40. The van der Waals surface area contributed by atoms with Gasteiger partial charge in [-0.2, -0.15) is 0 Å². The van der Waals surface area contributed by atoms with Gasteiger partial charge >= 0.3 is 0 Å². The summed E-state index contributed by atoms with van der Waals surface area (Å²) in [5.41, 5.74) is 0.804. The normalized spacial score (nSPS) is 14.7. The first-order valence-electron chi connectivity index (χ1n) is 4.60. The van der Waals surface area contributed by atoms with Gasteiger partial charge < -0.3 is 10.1 Å². The van der Waals surface area contributed by atoms with Gasteiger partial charge in [-0.25, -0.2) is 4.39 Å². The lowest BCUT2D eigenvalue weighted by Gasteiger charge is -2.06. The van der Waals surface area contributed by atoms with Crippen LogP contribution in [0.3, 0.4) is 0 Å². The molecule has 1 aromatic rings. The Labute approximate surface area is 86.6 Å². The fraction of sp³-hybridized carbons (Fsp3) is 0.182. The predicted octanol–water partition coefficient (Wildman–Crippen LogP) is 1.36. The predicted molar refractivity (Wildman–Crippen MR) is 52.3 cm³/mol. The fourth-order valence-electron chi connectivity index (χ4n) is 1.32. The van der Waals surface area contributed by atoms with Gasteiger partial charge in [-0.05, 0) is 17.7 Å². The minimum absolute atomic E-state index is 0.0586. The minimum Gasteiger partial charge on any atom is -0.471 e. The Kier molecular flexibility index (Phi) is 2.67. The summed E-state index contributed by atoms with van der Waals surface area (Å²) < 4.78 is 17.8. The molecule has 1 N–H and O–H groups in total. The van der Waals surface area contributed by atoms with Crippen LogP contribution >= 0.6 is 0 Å². The number of halogens is 1. The Bertz CT molecular complexity index is 415. The highest BCUT2D eigenvalue weighted by atomic mass is 19.1. The van der Waals surface area contributed by atoms with Gasteiger partial charge in [-0.1, -0.05) is 12.1 Å². The number of nitrogens with one attached hydrogen (secondary N) is 1. The van der Waals surface area contributed by atoms with Gasteiger partial charge in [0.15, 0.2) is 18.3 Å². The van der Waals surface area contributed by atoms with Crippen LogP contribution < -0.4 is 5.32 Å². The van der Waals surface area contributed by atoms with E-state index in [4.69, 9.17) is 4.74 Å². The Balaban J connectivity index is 1.93. The van der Waals surface area contributed by atoms with Gasteiger partial charge in [0.1, 0.15) is 5.82 Å².